The second kappa shape index (κ2) is 16.1. The maximum absolute atomic E-state index is 13.7. The summed E-state index contributed by atoms with van der Waals surface area (Å²) >= 11 is 0. The summed E-state index contributed by atoms with van der Waals surface area (Å²) in [4.78, 5) is 71.4. The average molecular weight is 727 g/mol. The number of imidazole rings is 2. The number of hydrogen-bond donors (Lipinski definition) is 4. The maximum atomic E-state index is 13.7. The number of fused-ring (bicyclic) bond motifs is 1. The van der Waals surface area contributed by atoms with Crippen LogP contribution in [0.2, 0.25) is 0 Å². The molecule has 4 N–H and O–H groups in total. The third-order valence-corrected chi connectivity index (χ3v) is 10.4. The van der Waals surface area contributed by atoms with E-state index >= 15 is 0 Å². The Morgan fingerprint density at radius 1 is 0.717 bits per heavy atom. The second-order valence-electron chi connectivity index (χ2n) is 14.6. The topological polar surface area (TPSA) is 175 Å². The number of nitrogens with one attached hydrogen (secondary N) is 4. The van der Waals surface area contributed by atoms with E-state index in [-0.39, 0.29) is 35.7 Å². The molecule has 0 unspecified atom stereocenters. The van der Waals surface area contributed by atoms with E-state index in [0.717, 1.165) is 77.2 Å². The Labute approximate surface area is 309 Å². The number of aromatic amines is 2. The van der Waals surface area contributed by atoms with Gasteiger partial charge in [-0.3, -0.25) is 9.59 Å². The Morgan fingerprint density at radius 3 is 1.87 bits per heavy atom. The van der Waals surface area contributed by atoms with E-state index in [0.29, 0.717) is 13.1 Å². The lowest BCUT2D eigenvalue weighted by Gasteiger charge is -2.37. The predicted molar refractivity (Wildman–Crippen MR) is 199 cm³/mol. The lowest BCUT2D eigenvalue weighted by atomic mass is 9.97. The molecule has 0 radical (unpaired) electrons. The number of amides is 4. The molecule has 2 aliphatic rings. The number of methoxy groups -OCH3 is 2. The summed E-state index contributed by atoms with van der Waals surface area (Å²) in [5.41, 5.74) is 5.55. The van der Waals surface area contributed by atoms with Gasteiger partial charge >= 0.3 is 12.2 Å². The smallest absolute Gasteiger partial charge is 0.407 e. The number of aromatic nitrogens is 4. The summed E-state index contributed by atoms with van der Waals surface area (Å²) in [6.45, 7) is 8.79. The monoisotopic (exact) mass is 726 g/mol. The molecule has 0 saturated carbocycles. The standard InChI is InChI=1S/C39H50N8O6/c1-22(2)32(44-38(50)52-5)36(48)46-18-8-7-10-30(46)34-40-21-29(43-34)25-14-12-24(13-15-25)26-16-17-27-28(20-26)42-35(41-27)31-11-9-19-47(31)37(49)33(23(3)4)45-39(51)53-6/h12-17,20-23,30-33H,7-11,18-19H2,1-6H3,(H,40,43)(H,41,42)(H,44,50)(H,45,51)/t30-,31-,32-,33-/m0/s1. The predicted octanol–water partition coefficient (Wildman–Crippen LogP) is 6.10. The van der Waals surface area contributed by atoms with Gasteiger partial charge in [0.05, 0.1) is 49.2 Å². The van der Waals surface area contributed by atoms with Crippen LogP contribution >= 0.6 is 0 Å². The molecule has 4 aromatic rings. The third kappa shape index (κ3) is 8.01. The third-order valence-electron chi connectivity index (χ3n) is 10.4. The van der Waals surface area contributed by atoms with E-state index in [9.17, 15) is 19.2 Å². The van der Waals surface area contributed by atoms with Crippen molar-refractivity contribution in [3.05, 3.63) is 60.3 Å². The molecule has 2 aromatic carbocycles. The van der Waals surface area contributed by atoms with Gasteiger partial charge in [-0.25, -0.2) is 19.6 Å². The first-order valence-corrected chi connectivity index (χ1v) is 18.4. The van der Waals surface area contributed by atoms with Gasteiger partial charge in [-0.15, -0.1) is 0 Å². The van der Waals surface area contributed by atoms with Crippen LogP contribution in [0, 0.1) is 11.8 Å². The van der Waals surface area contributed by atoms with Gasteiger partial charge in [0.2, 0.25) is 11.8 Å². The number of benzene rings is 2. The number of nitrogens with zero attached hydrogens (tertiary/aromatic N) is 4. The van der Waals surface area contributed by atoms with Crippen LogP contribution in [-0.2, 0) is 19.1 Å². The number of alkyl carbamates (subject to hydrolysis) is 2. The Kier molecular flexibility index (Phi) is 11.3. The maximum Gasteiger partial charge on any atom is 0.407 e. The van der Waals surface area contributed by atoms with E-state index in [1.165, 1.54) is 14.2 Å². The highest BCUT2D eigenvalue weighted by molar-refractivity contribution is 5.88. The van der Waals surface area contributed by atoms with E-state index in [1.807, 2.05) is 61.8 Å². The zero-order valence-corrected chi connectivity index (χ0v) is 31.3. The van der Waals surface area contributed by atoms with Crippen LogP contribution in [0.4, 0.5) is 9.59 Å². The number of H-pyrrole nitrogens is 2. The molecule has 282 valence electrons. The Bertz CT molecular complexity index is 1940. The fourth-order valence-corrected chi connectivity index (χ4v) is 7.41. The first-order chi connectivity index (χ1) is 25.5. The van der Waals surface area contributed by atoms with E-state index in [2.05, 4.69) is 38.8 Å². The van der Waals surface area contributed by atoms with Crippen LogP contribution in [0.1, 0.15) is 83.5 Å². The molecular formula is C39H50N8O6. The summed E-state index contributed by atoms with van der Waals surface area (Å²) in [6, 6.07) is 12.5. The molecule has 4 heterocycles. The van der Waals surface area contributed by atoms with E-state index in [1.54, 1.807) is 6.20 Å². The summed E-state index contributed by atoms with van der Waals surface area (Å²) in [5, 5.41) is 5.41. The van der Waals surface area contributed by atoms with Crippen molar-refractivity contribution < 1.29 is 28.7 Å². The highest BCUT2D eigenvalue weighted by atomic mass is 16.5. The van der Waals surface area contributed by atoms with Crippen molar-refractivity contribution in [2.75, 3.05) is 27.3 Å². The van der Waals surface area contributed by atoms with Gasteiger partial charge in [-0.1, -0.05) is 58.0 Å². The number of carbonyl (C=O) groups excluding carboxylic acids is 4. The van der Waals surface area contributed by atoms with Gasteiger partial charge in [-0.05, 0) is 72.8 Å². The van der Waals surface area contributed by atoms with Crippen LogP contribution < -0.4 is 10.6 Å². The van der Waals surface area contributed by atoms with Crippen LogP contribution in [0.3, 0.4) is 0 Å². The minimum absolute atomic E-state index is 0.110. The SMILES string of the molecule is COC(=O)N[C@H](C(=O)N1CCCC[C@H]1c1ncc(-c2ccc(-c3ccc4nc([C@@H]5CCCN5C(=O)[C@@H](NC(=O)OC)C(C)C)[nH]c4c3)cc2)[nH]1)C(C)C. The van der Waals surface area contributed by atoms with Crippen molar-refractivity contribution in [3.63, 3.8) is 0 Å². The molecule has 2 aromatic heterocycles. The Balaban J connectivity index is 1.17. The Morgan fingerprint density at radius 2 is 1.26 bits per heavy atom. The average Bonchev–Trinajstić information content (AvgIpc) is 3.95. The minimum atomic E-state index is -0.696. The van der Waals surface area contributed by atoms with E-state index < -0.39 is 24.3 Å². The molecule has 2 fully saturated rings. The number of hydrogen-bond acceptors (Lipinski definition) is 8. The van der Waals surface area contributed by atoms with Crippen molar-refractivity contribution in [3.8, 4) is 22.4 Å². The van der Waals surface area contributed by atoms with Crippen molar-refractivity contribution in [2.45, 2.75) is 84.0 Å². The molecule has 2 aliphatic heterocycles. The molecule has 14 heteroatoms. The van der Waals surface area contributed by atoms with Crippen molar-refractivity contribution in [1.82, 2.24) is 40.4 Å². The Hall–Kier alpha value is -5.40. The summed E-state index contributed by atoms with van der Waals surface area (Å²) in [6.07, 6.45) is 4.81. The van der Waals surface area contributed by atoms with Crippen LogP contribution in [0.5, 0.6) is 0 Å². The van der Waals surface area contributed by atoms with E-state index in [4.69, 9.17) is 19.4 Å². The van der Waals surface area contributed by atoms with Gasteiger partial charge in [0, 0.05) is 13.1 Å². The van der Waals surface area contributed by atoms with Crippen LogP contribution in [-0.4, -0.2) is 93.1 Å². The molecular weight excluding hydrogens is 676 g/mol. The molecule has 6 rings (SSSR count). The zero-order valence-electron chi connectivity index (χ0n) is 31.3. The number of carbonyl (C=O) groups is 4. The summed E-state index contributed by atoms with van der Waals surface area (Å²) < 4.78 is 9.54. The minimum Gasteiger partial charge on any atom is -0.453 e. The largest absolute Gasteiger partial charge is 0.453 e. The molecule has 4 amide bonds. The number of rotatable bonds is 10. The van der Waals surface area contributed by atoms with Crippen LogP contribution in [0.15, 0.2) is 48.7 Å². The summed E-state index contributed by atoms with van der Waals surface area (Å²) in [5.74, 6) is 0.949. The quantitative estimate of drug-likeness (QED) is 0.152. The molecule has 4 atom stereocenters. The second-order valence-corrected chi connectivity index (χ2v) is 14.6. The fraction of sp³-hybridized carbons (Fsp3) is 0.487. The highest BCUT2D eigenvalue weighted by Crippen LogP contribution is 2.35. The lowest BCUT2D eigenvalue weighted by molar-refractivity contribution is -0.138. The fourth-order valence-electron chi connectivity index (χ4n) is 7.41. The number of ether oxygens (including phenoxy) is 2. The van der Waals surface area contributed by atoms with Crippen molar-refractivity contribution in [2.24, 2.45) is 11.8 Å². The first kappa shape index (κ1) is 37.4. The molecule has 0 aliphatic carbocycles. The van der Waals surface area contributed by atoms with Gasteiger partial charge in [-0.2, -0.15) is 0 Å². The van der Waals surface area contributed by atoms with Crippen molar-refractivity contribution in [1.29, 1.82) is 0 Å². The first-order valence-electron chi connectivity index (χ1n) is 18.4. The molecule has 0 bridgehead atoms. The zero-order chi connectivity index (χ0) is 37.8. The normalized spacial score (nSPS) is 18.6. The van der Waals surface area contributed by atoms with Gasteiger partial charge in [0.1, 0.15) is 23.7 Å². The highest BCUT2D eigenvalue weighted by Gasteiger charge is 2.38. The lowest BCUT2D eigenvalue weighted by Crippen LogP contribution is -2.53. The molecule has 2 saturated heterocycles. The summed E-state index contributed by atoms with van der Waals surface area (Å²) in [7, 11) is 2.58. The molecule has 14 nitrogen and oxygen atoms in total. The number of piperidine rings is 1. The molecule has 53 heavy (non-hydrogen) atoms. The molecule has 0 spiro atoms. The van der Waals surface area contributed by atoms with Crippen molar-refractivity contribution >= 4 is 35.0 Å². The number of likely N-dealkylation sites (tertiary alicyclic amines) is 2. The van der Waals surface area contributed by atoms with Gasteiger partial charge in [0.25, 0.3) is 0 Å². The van der Waals surface area contributed by atoms with Gasteiger partial charge in [0.15, 0.2) is 0 Å². The van der Waals surface area contributed by atoms with Crippen LogP contribution in [0.25, 0.3) is 33.4 Å². The van der Waals surface area contributed by atoms with Gasteiger partial charge < -0.3 is 39.9 Å².